The average molecular weight is 808 g/mol. The molecule has 23 atom stereocenters. The molecule has 24 nitrogen and oxygen atoms in total. The van der Waals surface area contributed by atoms with Gasteiger partial charge in [-0.25, -0.2) is 0 Å². The second-order valence-corrected chi connectivity index (χ2v) is 14.3. The SMILES string of the molecule is C[C@H]1O[C@H](O[C@H]2[C@H](O)[C@@H](O)[C@@H](O[C@H]3[C@H](O)[C@@H](O)[C@H](O[C@]4(CO)OC[C@@H](O)[C@@H](O)[C@@H]4O)O[C@@H]3CO)O[C@@H]2CO)[C@H](O)[C@@H](O)[C@@H]1N[C@H]1C=C(CO)[C@@H](O)[C@H](O)[C@H]1O. The zero-order valence-corrected chi connectivity index (χ0v) is 29.3. The predicted molar refractivity (Wildman–Crippen MR) is 170 cm³/mol. The molecule has 0 amide bonds. The lowest BCUT2D eigenvalue weighted by Gasteiger charge is -2.50. The Kier molecular flexibility index (Phi) is 15.0. The van der Waals surface area contributed by atoms with Gasteiger partial charge in [0.1, 0.15) is 104 Å². The number of rotatable bonds is 12. The number of nitrogens with one attached hydrogen (secondary N) is 1. The van der Waals surface area contributed by atoms with Crippen LogP contribution in [0, 0.1) is 0 Å². The quantitative estimate of drug-likeness (QED) is 0.0814. The molecule has 5 aliphatic rings. The highest BCUT2D eigenvalue weighted by Crippen LogP contribution is 2.36. The minimum atomic E-state index is -2.46. The van der Waals surface area contributed by atoms with E-state index in [1.54, 1.807) is 0 Å². The third-order valence-electron chi connectivity index (χ3n) is 10.7. The Morgan fingerprint density at radius 3 is 1.73 bits per heavy atom. The van der Waals surface area contributed by atoms with Crippen molar-refractivity contribution >= 4 is 0 Å². The van der Waals surface area contributed by atoms with E-state index in [4.69, 9.17) is 33.2 Å². The van der Waals surface area contributed by atoms with Gasteiger partial charge in [0.25, 0.3) is 0 Å². The maximum absolute atomic E-state index is 11.1. The number of hydrogen-bond acceptors (Lipinski definition) is 24. The zero-order valence-electron chi connectivity index (χ0n) is 29.3. The first-order valence-electron chi connectivity index (χ1n) is 17.6. The van der Waals surface area contributed by atoms with E-state index in [9.17, 15) is 81.7 Å². The first kappa shape index (κ1) is 44.9. The summed E-state index contributed by atoms with van der Waals surface area (Å²) in [6, 6.07) is -2.26. The van der Waals surface area contributed by atoms with Crippen LogP contribution in [0.5, 0.6) is 0 Å². The summed E-state index contributed by atoms with van der Waals surface area (Å²) in [6.45, 7) is -2.80. The van der Waals surface area contributed by atoms with Crippen LogP contribution in [0.4, 0.5) is 0 Å². The molecule has 0 bridgehead atoms. The van der Waals surface area contributed by atoms with Crippen molar-refractivity contribution in [1.82, 2.24) is 5.32 Å². The molecular formula is C31H53NO23. The fourth-order valence-electron chi connectivity index (χ4n) is 7.25. The van der Waals surface area contributed by atoms with Gasteiger partial charge >= 0.3 is 0 Å². The lowest BCUT2D eigenvalue weighted by atomic mass is 9.86. The van der Waals surface area contributed by atoms with Gasteiger partial charge in [0, 0.05) is 0 Å². The summed E-state index contributed by atoms with van der Waals surface area (Å²) in [5, 5.41) is 169. The Bertz CT molecular complexity index is 1270. The van der Waals surface area contributed by atoms with Gasteiger partial charge < -0.3 is 120 Å². The molecular weight excluding hydrogens is 754 g/mol. The summed E-state index contributed by atoms with van der Waals surface area (Å²) < 4.78 is 38.9. The molecule has 320 valence electrons. The fraction of sp³-hybridized carbons (Fsp3) is 0.935. The lowest BCUT2D eigenvalue weighted by molar-refractivity contribution is -0.423. The molecule has 4 aliphatic heterocycles. The lowest BCUT2D eigenvalue weighted by Crippen LogP contribution is -2.69. The Morgan fingerprint density at radius 1 is 0.655 bits per heavy atom. The van der Waals surface area contributed by atoms with Crippen LogP contribution >= 0.6 is 0 Å². The van der Waals surface area contributed by atoms with Crippen molar-refractivity contribution in [3.63, 3.8) is 0 Å². The Balaban J connectivity index is 1.22. The highest BCUT2D eigenvalue weighted by Gasteiger charge is 2.57. The van der Waals surface area contributed by atoms with Crippen LogP contribution in [0.15, 0.2) is 11.6 Å². The van der Waals surface area contributed by atoms with E-state index < -0.39 is 174 Å². The summed E-state index contributed by atoms with van der Waals surface area (Å²) in [5.74, 6) is -2.46. The van der Waals surface area contributed by atoms with Gasteiger partial charge in [-0.15, -0.1) is 0 Å². The largest absolute Gasteiger partial charge is 0.394 e. The Labute approximate surface area is 312 Å². The van der Waals surface area contributed by atoms with Crippen molar-refractivity contribution in [2.45, 2.75) is 147 Å². The van der Waals surface area contributed by atoms with E-state index in [1.807, 2.05) is 0 Å². The molecule has 0 aromatic rings. The van der Waals surface area contributed by atoms with E-state index in [0.717, 1.165) is 0 Å². The number of aliphatic hydroxyl groups excluding tert-OH is 16. The molecule has 4 heterocycles. The van der Waals surface area contributed by atoms with Crippen molar-refractivity contribution in [3.05, 3.63) is 11.6 Å². The maximum atomic E-state index is 11.1. The van der Waals surface area contributed by atoms with Crippen molar-refractivity contribution in [2.75, 3.05) is 33.0 Å². The summed E-state index contributed by atoms with van der Waals surface area (Å²) >= 11 is 0. The Morgan fingerprint density at radius 2 is 1.18 bits per heavy atom. The average Bonchev–Trinajstić information content (AvgIpc) is 3.17. The summed E-state index contributed by atoms with van der Waals surface area (Å²) in [4.78, 5) is 0. The first-order valence-corrected chi connectivity index (χ1v) is 17.6. The van der Waals surface area contributed by atoms with E-state index >= 15 is 0 Å². The van der Waals surface area contributed by atoms with Gasteiger partial charge in [0.15, 0.2) is 18.9 Å². The highest BCUT2D eigenvalue weighted by molar-refractivity contribution is 5.22. The predicted octanol–water partition coefficient (Wildman–Crippen LogP) is -10.7. The van der Waals surface area contributed by atoms with Crippen molar-refractivity contribution in [2.24, 2.45) is 0 Å². The molecule has 4 saturated heterocycles. The number of ether oxygens (including phenoxy) is 7. The van der Waals surface area contributed by atoms with E-state index in [1.165, 1.54) is 13.0 Å². The molecule has 0 saturated carbocycles. The molecule has 4 fully saturated rings. The van der Waals surface area contributed by atoms with Crippen LogP contribution < -0.4 is 5.32 Å². The molecule has 0 aromatic carbocycles. The molecule has 0 radical (unpaired) electrons. The van der Waals surface area contributed by atoms with Gasteiger partial charge in [-0.1, -0.05) is 6.08 Å². The Hall–Kier alpha value is -1.22. The van der Waals surface area contributed by atoms with Gasteiger partial charge in [-0.2, -0.15) is 0 Å². The van der Waals surface area contributed by atoms with Gasteiger partial charge in [0.05, 0.1) is 44.6 Å². The first-order chi connectivity index (χ1) is 25.9. The van der Waals surface area contributed by atoms with E-state index in [0.29, 0.717) is 0 Å². The van der Waals surface area contributed by atoms with Gasteiger partial charge in [-0.3, -0.25) is 0 Å². The van der Waals surface area contributed by atoms with E-state index in [-0.39, 0.29) is 5.57 Å². The smallest absolute Gasteiger partial charge is 0.223 e. The van der Waals surface area contributed by atoms with Crippen LogP contribution in [-0.2, 0) is 33.2 Å². The van der Waals surface area contributed by atoms with Crippen molar-refractivity contribution < 1.29 is 115 Å². The van der Waals surface area contributed by atoms with Crippen LogP contribution in [0.25, 0.3) is 0 Å². The van der Waals surface area contributed by atoms with Crippen LogP contribution in [0.1, 0.15) is 6.92 Å². The van der Waals surface area contributed by atoms with Gasteiger partial charge in [-0.05, 0) is 12.5 Å². The molecule has 5 rings (SSSR count). The van der Waals surface area contributed by atoms with Gasteiger partial charge in [0.2, 0.25) is 5.79 Å². The second-order valence-electron chi connectivity index (χ2n) is 14.3. The summed E-state index contributed by atoms with van der Waals surface area (Å²) in [5.41, 5.74) is -0.00454. The molecule has 24 heteroatoms. The summed E-state index contributed by atoms with van der Waals surface area (Å²) in [7, 11) is 0. The zero-order chi connectivity index (χ0) is 40.7. The minimum Gasteiger partial charge on any atom is -0.394 e. The fourth-order valence-corrected chi connectivity index (χ4v) is 7.25. The van der Waals surface area contributed by atoms with Crippen molar-refractivity contribution in [1.29, 1.82) is 0 Å². The topological polar surface area (TPSA) is 400 Å². The normalized spacial score (nSPS) is 52.5. The molecule has 0 aromatic heterocycles. The third kappa shape index (κ3) is 8.74. The third-order valence-corrected chi connectivity index (χ3v) is 10.7. The number of hydrogen-bond donors (Lipinski definition) is 17. The van der Waals surface area contributed by atoms with Crippen LogP contribution in [0.3, 0.4) is 0 Å². The molecule has 1 aliphatic carbocycles. The summed E-state index contributed by atoms with van der Waals surface area (Å²) in [6.07, 6.45) is -34.0. The minimum absolute atomic E-state index is 0.00454. The second kappa shape index (κ2) is 18.4. The molecule has 0 unspecified atom stereocenters. The standard InChI is InChI=1S/C31H53NO23/c1-8-14(32-10-2-9(3-33)15(38)19(42)16(10)39)18(41)22(45)28(50-8)53-25-12(4-34)51-29(23(46)20(25)43)54-26-13(5-35)52-30(24(47)21(26)44)55-31(7-36)27(48)17(40)11(37)6-49-31/h2,8,10-30,32-48H,3-7H2,1H3/t8-,10+,11-,12-,13-,14-,15-,16+,17-,18+,19+,20-,21-,22-,23-,24-,25-,26-,27+,28-,29-,30+,31+/m1/s1. The molecule has 17 N–H and O–H groups in total. The highest BCUT2D eigenvalue weighted by atomic mass is 16.8. The maximum Gasteiger partial charge on any atom is 0.223 e. The monoisotopic (exact) mass is 807 g/mol. The molecule has 55 heavy (non-hydrogen) atoms. The van der Waals surface area contributed by atoms with Crippen LogP contribution in [0.2, 0.25) is 0 Å². The molecule has 0 spiro atoms. The van der Waals surface area contributed by atoms with E-state index in [2.05, 4.69) is 5.32 Å². The van der Waals surface area contributed by atoms with Crippen LogP contribution in [-0.4, -0.2) is 255 Å². The van der Waals surface area contributed by atoms with Crippen molar-refractivity contribution in [3.8, 4) is 0 Å². The number of aliphatic hydroxyl groups is 16.